The van der Waals surface area contributed by atoms with E-state index in [1.165, 1.54) is 12.1 Å². The van der Waals surface area contributed by atoms with Gasteiger partial charge in [0.25, 0.3) is 10.0 Å². The van der Waals surface area contributed by atoms with Gasteiger partial charge in [-0.05, 0) is 73.0 Å². The maximum absolute atomic E-state index is 13.0. The van der Waals surface area contributed by atoms with Gasteiger partial charge in [0.1, 0.15) is 0 Å². The van der Waals surface area contributed by atoms with Crippen molar-refractivity contribution in [2.45, 2.75) is 37.8 Å². The lowest BCUT2D eigenvalue weighted by Gasteiger charge is -2.25. The molecule has 11 heteroatoms. The van der Waals surface area contributed by atoms with E-state index in [0.29, 0.717) is 29.4 Å². The molecule has 0 aromatic heterocycles. The van der Waals surface area contributed by atoms with Crippen LogP contribution >= 0.6 is 0 Å². The lowest BCUT2D eigenvalue weighted by Crippen LogP contribution is -2.39. The number of anilines is 1. The number of sulfonamides is 1. The van der Waals surface area contributed by atoms with E-state index in [9.17, 15) is 13.2 Å². The number of hydrogen-bond donors (Lipinski definition) is 2. The van der Waals surface area contributed by atoms with Crippen LogP contribution in [-0.4, -0.2) is 41.5 Å². The van der Waals surface area contributed by atoms with Gasteiger partial charge in [-0.1, -0.05) is 48.0 Å². The van der Waals surface area contributed by atoms with Crippen LogP contribution in [0.4, 0.5) is 10.5 Å². The second-order valence-corrected chi connectivity index (χ2v) is 12.3. The van der Waals surface area contributed by atoms with Crippen molar-refractivity contribution in [3.8, 4) is 17.2 Å². The minimum absolute atomic E-state index is 0.0524. The van der Waals surface area contributed by atoms with Crippen molar-refractivity contribution in [3.05, 3.63) is 113 Å². The van der Waals surface area contributed by atoms with Gasteiger partial charge in [-0.25, -0.2) is 17.9 Å². The topological polar surface area (TPSA) is 119 Å². The molecule has 10 nitrogen and oxygen atoms in total. The van der Waals surface area contributed by atoms with Gasteiger partial charge in [0.15, 0.2) is 11.5 Å². The number of carbonyl (C=O) groups excluding carboxylic acids is 1. The monoisotopic (exact) mass is 628 g/mol. The lowest BCUT2D eigenvalue weighted by atomic mass is 9.94. The van der Waals surface area contributed by atoms with Crippen LogP contribution in [0.5, 0.6) is 17.2 Å². The molecule has 2 amide bonds. The fraction of sp³-hybridized carbons (Fsp3) is 0.235. The summed E-state index contributed by atoms with van der Waals surface area (Å²) in [6.45, 7) is 4.29. The third-order valence-electron chi connectivity index (χ3n) is 7.62. The van der Waals surface area contributed by atoms with E-state index in [2.05, 4.69) is 35.2 Å². The average molecular weight is 629 g/mol. The highest BCUT2D eigenvalue weighted by Crippen LogP contribution is 2.44. The first-order valence-electron chi connectivity index (χ1n) is 14.3. The summed E-state index contributed by atoms with van der Waals surface area (Å²) in [5, 5.41) is 9.49. The Morgan fingerprint density at radius 1 is 0.889 bits per heavy atom. The SMILES string of the molecule is COc1cc(C2CC(c3cc(C)ccc3C)=NN2c2ccc(S(=O)(=O)NC(=O)NCc3ccccc3)cc2)cc(OC)c1OC. The molecule has 0 spiro atoms. The summed E-state index contributed by atoms with van der Waals surface area (Å²) in [4.78, 5) is 12.3. The fourth-order valence-corrected chi connectivity index (χ4v) is 6.21. The van der Waals surface area contributed by atoms with Crippen LogP contribution in [0.1, 0.15) is 40.3 Å². The van der Waals surface area contributed by atoms with Crippen molar-refractivity contribution in [2.24, 2.45) is 5.10 Å². The van der Waals surface area contributed by atoms with E-state index in [-0.39, 0.29) is 17.5 Å². The molecular formula is C34H36N4O6S. The second-order valence-electron chi connectivity index (χ2n) is 10.7. The Bertz CT molecular complexity index is 1800. The van der Waals surface area contributed by atoms with E-state index in [0.717, 1.165) is 33.5 Å². The van der Waals surface area contributed by atoms with Crippen LogP contribution < -0.4 is 29.3 Å². The Hall–Kier alpha value is -5.03. The Morgan fingerprint density at radius 3 is 2.18 bits per heavy atom. The van der Waals surface area contributed by atoms with Gasteiger partial charge in [0.05, 0.1) is 43.7 Å². The average Bonchev–Trinajstić information content (AvgIpc) is 3.50. The molecule has 45 heavy (non-hydrogen) atoms. The number of hydrogen-bond acceptors (Lipinski definition) is 8. The van der Waals surface area contributed by atoms with Gasteiger partial charge < -0.3 is 19.5 Å². The number of aryl methyl sites for hydroxylation is 2. The predicted octanol–water partition coefficient (Wildman–Crippen LogP) is 5.87. The third-order valence-corrected chi connectivity index (χ3v) is 8.97. The van der Waals surface area contributed by atoms with Crippen LogP contribution in [0, 0.1) is 13.8 Å². The molecule has 2 N–H and O–H groups in total. The number of nitrogens with zero attached hydrogens (tertiary/aromatic N) is 2. The molecule has 0 aliphatic carbocycles. The fourth-order valence-electron chi connectivity index (χ4n) is 5.28. The van der Waals surface area contributed by atoms with Crippen molar-refractivity contribution in [2.75, 3.05) is 26.3 Å². The summed E-state index contributed by atoms with van der Waals surface area (Å²) < 4.78 is 44.9. The summed E-state index contributed by atoms with van der Waals surface area (Å²) in [6.07, 6.45) is 0.576. The van der Waals surface area contributed by atoms with E-state index in [1.807, 2.05) is 54.4 Å². The van der Waals surface area contributed by atoms with E-state index in [1.54, 1.807) is 33.5 Å². The summed E-state index contributed by atoms with van der Waals surface area (Å²) in [5.74, 6) is 1.52. The first-order valence-corrected chi connectivity index (χ1v) is 15.8. The zero-order chi connectivity index (χ0) is 32.1. The van der Waals surface area contributed by atoms with Gasteiger partial charge in [-0.2, -0.15) is 5.10 Å². The zero-order valence-electron chi connectivity index (χ0n) is 25.8. The number of carbonyl (C=O) groups is 1. The minimum atomic E-state index is -4.12. The number of methoxy groups -OCH3 is 3. The summed E-state index contributed by atoms with van der Waals surface area (Å²) >= 11 is 0. The minimum Gasteiger partial charge on any atom is -0.493 e. The van der Waals surface area contributed by atoms with E-state index in [4.69, 9.17) is 19.3 Å². The molecule has 234 valence electrons. The first kappa shape index (κ1) is 31.4. The van der Waals surface area contributed by atoms with Crippen molar-refractivity contribution in [1.29, 1.82) is 0 Å². The predicted molar refractivity (Wildman–Crippen MR) is 174 cm³/mol. The summed E-state index contributed by atoms with van der Waals surface area (Å²) in [5.41, 5.74) is 6.55. The van der Waals surface area contributed by atoms with Gasteiger partial charge in [0.2, 0.25) is 5.75 Å². The van der Waals surface area contributed by atoms with Crippen LogP contribution in [0.15, 0.2) is 94.9 Å². The molecule has 1 unspecified atom stereocenters. The molecule has 0 fully saturated rings. The summed E-state index contributed by atoms with van der Waals surface area (Å²) in [6, 6.07) is 24.5. The quantitative estimate of drug-likeness (QED) is 0.225. The summed E-state index contributed by atoms with van der Waals surface area (Å²) in [7, 11) is 0.574. The Balaban J connectivity index is 1.45. The highest BCUT2D eigenvalue weighted by molar-refractivity contribution is 7.90. The molecule has 4 aromatic rings. The standard InChI is InChI=1S/C34H36N4O6S/c1-22-11-12-23(2)28(17-22)29-20-30(25-18-31(42-3)33(44-5)32(19-25)43-4)38(36-29)26-13-15-27(16-14-26)45(40,41)37-34(39)35-21-24-9-7-6-8-10-24/h6-19,30H,20-21H2,1-5H3,(H2,35,37,39). The number of hydrazone groups is 1. The second kappa shape index (κ2) is 13.3. The number of benzene rings is 4. The first-order chi connectivity index (χ1) is 21.6. The molecule has 5 rings (SSSR count). The molecule has 0 saturated heterocycles. The third kappa shape index (κ3) is 6.88. The maximum atomic E-state index is 13.0. The van der Waals surface area contributed by atoms with Crippen LogP contribution in [0.2, 0.25) is 0 Å². The molecule has 4 aromatic carbocycles. The molecule has 1 heterocycles. The maximum Gasteiger partial charge on any atom is 0.328 e. The Kier molecular flexibility index (Phi) is 9.29. The molecule has 1 aliphatic rings. The van der Waals surface area contributed by atoms with Crippen molar-refractivity contribution >= 4 is 27.5 Å². The number of nitrogens with one attached hydrogen (secondary N) is 2. The highest BCUT2D eigenvalue weighted by Gasteiger charge is 2.32. The van der Waals surface area contributed by atoms with Crippen molar-refractivity contribution < 1.29 is 27.4 Å². The smallest absolute Gasteiger partial charge is 0.328 e. The number of urea groups is 1. The zero-order valence-corrected chi connectivity index (χ0v) is 26.6. The van der Waals surface area contributed by atoms with Crippen molar-refractivity contribution in [1.82, 2.24) is 10.0 Å². The Labute approximate surface area is 263 Å². The lowest BCUT2D eigenvalue weighted by molar-refractivity contribution is 0.245. The van der Waals surface area contributed by atoms with Gasteiger partial charge in [-0.15, -0.1) is 0 Å². The molecule has 1 atom stereocenters. The molecule has 0 radical (unpaired) electrons. The molecule has 0 saturated carbocycles. The number of rotatable bonds is 10. The molecular weight excluding hydrogens is 592 g/mol. The van der Waals surface area contributed by atoms with Gasteiger partial charge in [-0.3, -0.25) is 5.01 Å². The molecule has 0 bridgehead atoms. The Morgan fingerprint density at radius 2 is 1.56 bits per heavy atom. The van der Waals surface area contributed by atoms with Gasteiger partial charge in [0, 0.05) is 18.5 Å². The molecule has 1 aliphatic heterocycles. The number of ether oxygens (including phenoxy) is 3. The van der Waals surface area contributed by atoms with Crippen LogP contribution in [-0.2, 0) is 16.6 Å². The van der Waals surface area contributed by atoms with Gasteiger partial charge >= 0.3 is 6.03 Å². The van der Waals surface area contributed by atoms with Crippen LogP contribution in [0.25, 0.3) is 0 Å². The largest absolute Gasteiger partial charge is 0.493 e. The van der Waals surface area contributed by atoms with Crippen LogP contribution in [0.3, 0.4) is 0 Å². The van der Waals surface area contributed by atoms with E-state index < -0.39 is 16.1 Å². The normalized spacial score (nSPS) is 14.5. The number of amides is 2. The van der Waals surface area contributed by atoms with Crippen molar-refractivity contribution in [3.63, 3.8) is 0 Å². The highest BCUT2D eigenvalue weighted by atomic mass is 32.2. The van der Waals surface area contributed by atoms with E-state index >= 15 is 0 Å².